The maximum atomic E-state index is 11.4. The largest absolute Gasteiger partial charge is 0.480 e. The molecule has 0 saturated heterocycles. The number of nitrogens with one attached hydrogen (secondary N) is 1. The quantitative estimate of drug-likeness (QED) is 0.677. The van der Waals surface area contributed by atoms with Gasteiger partial charge in [0.05, 0.1) is 0 Å². The molecule has 2 N–H and O–H groups in total. The van der Waals surface area contributed by atoms with Gasteiger partial charge in [0.15, 0.2) is 0 Å². The Hall–Kier alpha value is -1.06. The molecule has 0 radical (unpaired) electrons. The van der Waals surface area contributed by atoms with Crippen LogP contribution >= 0.6 is 0 Å². The number of aliphatic carboxylic acids is 1. The number of carboxylic acids is 1. The van der Waals surface area contributed by atoms with E-state index < -0.39 is 12.0 Å². The first kappa shape index (κ1) is 10.0. The molecule has 1 saturated carbocycles. The van der Waals surface area contributed by atoms with Crippen LogP contribution in [-0.4, -0.2) is 23.0 Å². The number of carbonyl (C=O) groups is 2. The van der Waals surface area contributed by atoms with Crippen LogP contribution in [0, 0.1) is 11.3 Å². The summed E-state index contributed by atoms with van der Waals surface area (Å²) >= 11 is 0. The highest BCUT2D eigenvalue weighted by Gasteiger charge is 2.50. The molecule has 1 amide bonds. The first-order valence-corrected chi connectivity index (χ1v) is 4.38. The monoisotopic (exact) mass is 185 g/mol. The van der Waals surface area contributed by atoms with E-state index in [0.717, 1.165) is 6.42 Å². The summed E-state index contributed by atoms with van der Waals surface area (Å²) < 4.78 is 0. The summed E-state index contributed by atoms with van der Waals surface area (Å²) in [6.45, 7) is 5.47. The smallest absolute Gasteiger partial charge is 0.325 e. The van der Waals surface area contributed by atoms with Gasteiger partial charge in [0.25, 0.3) is 0 Å². The lowest BCUT2D eigenvalue weighted by Crippen LogP contribution is -2.39. The minimum Gasteiger partial charge on any atom is -0.480 e. The molecule has 13 heavy (non-hydrogen) atoms. The standard InChI is InChI=1S/C9H15NO3/c1-5(8(12)13)10-7(11)6-4-9(6,2)3/h5-6H,4H2,1-3H3,(H,10,11)(H,12,13)/t5-,6?/m1/s1. The Bertz CT molecular complexity index is 247. The molecule has 0 aromatic heterocycles. The second kappa shape index (κ2) is 3.01. The topological polar surface area (TPSA) is 66.4 Å². The molecule has 1 fully saturated rings. The van der Waals surface area contributed by atoms with Gasteiger partial charge in [0, 0.05) is 5.92 Å². The molecule has 0 heterocycles. The van der Waals surface area contributed by atoms with Crippen LogP contribution in [0.4, 0.5) is 0 Å². The molecular weight excluding hydrogens is 170 g/mol. The zero-order valence-electron chi connectivity index (χ0n) is 8.13. The van der Waals surface area contributed by atoms with Crippen LogP contribution in [-0.2, 0) is 9.59 Å². The van der Waals surface area contributed by atoms with Gasteiger partial charge in [-0.25, -0.2) is 0 Å². The second-order valence-electron chi connectivity index (χ2n) is 4.31. The molecule has 1 aliphatic carbocycles. The van der Waals surface area contributed by atoms with Crippen LogP contribution in [0.25, 0.3) is 0 Å². The van der Waals surface area contributed by atoms with Crippen molar-refractivity contribution in [2.45, 2.75) is 33.2 Å². The zero-order valence-corrected chi connectivity index (χ0v) is 8.13. The van der Waals surface area contributed by atoms with Crippen LogP contribution in [0.5, 0.6) is 0 Å². The molecule has 4 nitrogen and oxygen atoms in total. The normalized spacial score (nSPS) is 26.2. The summed E-state index contributed by atoms with van der Waals surface area (Å²) in [5, 5.41) is 11.0. The minimum absolute atomic E-state index is 0.00528. The number of carboxylic acid groups (broad SMARTS) is 1. The van der Waals surface area contributed by atoms with Gasteiger partial charge in [0.1, 0.15) is 6.04 Å². The fraction of sp³-hybridized carbons (Fsp3) is 0.778. The van der Waals surface area contributed by atoms with Crippen molar-refractivity contribution in [2.24, 2.45) is 11.3 Å². The molecule has 0 spiro atoms. The summed E-state index contributed by atoms with van der Waals surface area (Å²) in [5.74, 6) is -1.14. The van der Waals surface area contributed by atoms with Crippen LogP contribution in [0.2, 0.25) is 0 Å². The zero-order chi connectivity index (χ0) is 10.2. The molecule has 2 atom stereocenters. The van der Waals surface area contributed by atoms with Crippen LogP contribution in [0.15, 0.2) is 0 Å². The van der Waals surface area contributed by atoms with Crippen molar-refractivity contribution in [1.29, 1.82) is 0 Å². The maximum absolute atomic E-state index is 11.4. The third kappa shape index (κ3) is 2.20. The van der Waals surface area contributed by atoms with Gasteiger partial charge in [-0.3, -0.25) is 9.59 Å². The third-order valence-corrected chi connectivity index (χ3v) is 2.56. The van der Waals surface area contributed by atoms with E-state index in [4.69, 9.17) is 5.11 Å². The Morgan fingerprint density at radius 3 is 2.31 bits per heavy atom. The van der Waals surface area contributed by atoms with E-state index in [0.29, 0.717) is 0 Å². The first-order chi connectivity index (χ1) is 5.84. The van der Waals surface area contributed by atoms with E-state index in [2.05, 4.69) is 5.32 Å². The van der Waals surface area contributed by atoms with E-state index >= 15 is 0 Å². The minimum atomic E-state index is -0.994. The van der Waals surface area contributed by atoms with Crippen LogP contribution < -0.4 is 5.32 Å². The number of rotatable bonds is 3. The van der Waals surface area contributed by atoms with Gasteiger partial charge in [-0.1, -0.05) is 13.8 Å². The van der Waals surface area contributed by atoms with E-state index in [1.54, 1.807) is 0 Å². The highest BCUT2D eigenvalue weighted by molar-refractivity contribution is 5.86. The summed E-state index contributed by atoms with van der Waals surface area (Å²) in [6.07, 6.45) is 0.852. The summed E-state index contributed by atoms with van der Waals surface area (Å²) in [5.41, 5.74) is 0.0578. The molecule has 74 valence electrons. The van der Waals surface area contributed by atoms with E-state index in [1.165, 1.54) is 6.92 Å². The third-order valence-electron chi connectivity index (χ3n) is 2.56. The predicted molar refractivity (Wildman–Crippen MR) is 47.1 cm³/mol. The second-order valence-corrected chi connectivity index (χ2v) is 4.31. The molecule has 1 rings (SSSR count). The summed E-state index contributed by atoms with van der Waals surface area (Å²) in [7, 11) is 0. The molecule has 4 heteroatoms. The lowest BCUT2D eigenvalue weighted by Gasteiger charge is -2.09. The Balaban J connectivity index is 2.40. The summed E-state index contributed by atoms with van der Waals surface area (Å²) in [4.78, 5) is 21.8. The summed E-state index contributed by atoms with van der Waals surface area (Å²) in [6, 6.07) is -0.788. The molecule has 1 unspecified atom stereocenters. The fourth-order valence-electron chi connectivity index (χ4n) is 1.29. The van der Waals surface area contributed by atoms with Crippen molar-refractivity contribution in [3.8, 4) is 0 Å². The number of hydrogen-bond donors (Lipinski definition) is 2. The van der Waals surface area contributed by atoms with Crippen LogP contribution in [0.3, 0.4) is 0 Å². The van der Waals surface area contributed by atoms with Gasteiger partial charge in [-0.2, -0.15) is 0 Å². The Morgan fingerprint density at radius 2 is 2.00 bits per heavy atom. The molecule has 0 aromatic carbocycles. The van der Waals surface area contributed by atoms with E-state index in [9.17, 15) is 9.59 Å². The van der Waals surface area contributed by atoms with Crippen molar-refractivity contribution in [1.82, 2.24) is 5.32 Å². The Morgan fingerprint density at radius 1 is 1.54 bits per heavy atom. The Labute approximate surface area is 77.3 Å². The van der Waals surface area contributed by atoms with Crippen LogP contribution in [0.1, 0.15) is 27.2 Å². The van der Waals surface area contributed by atoms with Gasteiger partial charge in [0.2, 0.25) is 5.91 Å². The highest BCUT2D eigenvalue weighted by Crippen LogP contribution is 2.51. The van der Waals surface area contributed by atoms with Gasteiger partial charge < -0.3 is 10.4 Å². The molecular formula is C9H15NO3. The number of amides is 1. The lowest BCUT2D eigenvalue weighted by molar-refractivity contribution is -0.141. The van der Waals surface area contributed by atoms with Gasteiger partial charge in [-0.15, -0.1) is 0 Å². The average Bonchev–Trinajstić information content (AvgIpc) is 2.59. The molecule has 0 aromatic rings. The Kier molecular flexibility index (Phi) is 2.32. The molecule has 0 aliphatic heterocycles. The van der Waals surface area contributed by atoms with Crippen molar-refractivity contribution in [2.75, 3.05) is 0 Å². The lowest BCUT2D eigenvalue weighted by atomic mass is 10.1. The molecule has 0 bridgehead atoms. The van der Waals surface area contributed by atoms with Gasteiger partial charge in [-0.05, 0) is 18.8 Å². The maximum Gasteiger partial charge on any atom is 0.325 e. The average molecular weight is 185 g/mol. The van der Waals surface area contributed by atoms with Crippen molar-refractivity contribution < 1.29 is 14.7 Å². The SMILES string of the molecule is C[C@@H](NC(=O)C1CC1(C)C)C(=O)O. The van der Waals surface area contributed by atoms with Crippen molar-refractivity contribution in [3.05, 3.63) is 0 Å². The number of carbonyl (C=O) groups excluding carboxylic acids is 1. The van der Waals surface area contributed by atoms with Gasteiger partial charge >= 0.3 is 5.97 Å². The predicted octanol–water partition coefficient (Wildman–Crippen LogP) is 0.622. The first-order valence-electron chi connectivity index (χ1n) is 4.38. The van der Waals surface area contributed by atoms with Crippen molar-refractivity contribution in [3.63, 3.8) is 0 Å². The van der Waals surface area contributed by atoms with E-state index in [-0.39, 0.29) is 17.2 Å². The molecule has 1 aliphatic rings. The number of hydrogen-bond acceptors (Lipinski definition) is 2. The highest BCUT2D eigenvalue weighted by atomic mass is 16.4. The van der Waals surface area contributed by atoms with Crippen molar-refractivity contribution >= 4 is 11.9 Å². The fourth-order valence-corrected chi connectivity index (χ4v) is 1.29. The van der Waals surface area contributed by atoms with E-state index in [1.807, 2.05) is 13.8 Å².